The first-order chi connectivity index (χ1) is 11.5. The highest BCUT2D eigenvalue weighted by atomic mass is 15.3. The maximum atomic E-state index is 4.75. The van der Waals surface area contributed by atoms with Gasteiger partial charge in [-0.25, -0.2) is 0 Å². The molecule has 2 aromatic rings. The van der Waals surface area contributed by atoms with Gasteiger partial charge in [-0.15, -0.1) is 0 Å². The molecule has 0 bridgehead atoms. The minimum atomic E-state index is 0.285. The molecule has 1 aromatic heterocycles. The first kappa shape index (κ1) is 16.7. The van der Waals surface area contributed by atoms with Crippen molar-refractivity contribution >= 4 is 11.9 Å². The molecule has 0 amide bonds. The monoisotopic (exact) mass is 325 g/mol. The standard InChI is InChI=1S/C19H27N5/c1-13(2)17-20-18(23(4)5)22-19(21-17)24-12-11-16(14(24)3)15-9-7-6-8-10-15/h6-10,13-14,16H,11-12H2,1-5H3. The Morgan fingerprint density at radius 1 is 1.08 bits per heavy atom. The van der Waals surface area contributed by atoms with E-state index in [1.165, 1.54) is 5.56 Å². The van der Waals surface area contributed by atoms with Crippen LogP contribution in [0.25, 0.3) is 0 Å². The van der Waals surface area contributed by atoms with E-state index < -0.39 is 0 Å². The van der Waals surface area contributed by atoms with E-state index in [-0.39, 0.29) is 5.92 Å². The summed E-state index contributed by atoms with van der Waals surface area (Å²) in [5.74, 6) is 3.21. The topological polar surface area (TPSA) is 45.2 Å². The average molecular weight is 325 g/mol. The molecule has 0 spiro atoms. The fourth-order valence-electron chi connectivity index (χ4n) is 3.32. The molecule has 1 aliphatic heterocycles. The summed E-state index contributed by atoms with van der Waals surface area (Å²) in [6.45, 7) is 7.51. The quantitative estimate of drug-likeness (QED) is 0.861. The summed E-state index contributed by atoms with van der Waals surface area (Å²) in [6.07, 6.45) is 1.13. The smallest absolute Gasteiger partial charge is 0.230 e. The van der Waals surface area contributed by atoms with Crippen LogP contribution in [0.2, 0.25) is 0 Å². The third kappa shape index (κ3) is 3.21. The Bertz CT molecular complexity index is 657. The molecular weight excluding hydrogens is 298 g/mol. The molecule has 5 nitrogen and oxygen atoms in total. The van der Waals surface area contributed by atoms with Gasteiger partial charge in [0.05, 0.1) is 0 Å². The van der Waals surface area contributed by atoms with Gasteiger partial charge in [-0.05, 0) is 18.9 Å². The normalized spacial score (nSPS) is 20.7. The van der Waals surface area contributed by atoms with E-state index in [1.807, 2.05) is 19.0 Å². The largest absolute Gasteiger partial charge is 0.347 e. The number of aromatic nitrogens is 3. The molecule has 0 aliphatic carbocycles. The zero-order valence-electron chi connectivity index (χ0n) is 15.3. The lowest BCUT2D eigenvalue weighted by molar-refractivity contribution is 0.623. The van der Waals surface area contributed by atoms with Gasteiger partial charge in [0, 0.05) is 38.5 Å². The predicted molar refractivity (Wildman–Crippen MR) is 98.9 cm³/mol. The van der Waals surface area contributed by atoms with E-state index in [2.05, 4.69) is 61.0 Å². The summed E-state index contributed by atoms with van der Waals surface area (Å²) < 4.78 is 0. The van der Waals surface area contributed by atoms with Gasteiger partial charge in [0.25, 0.3) is 0 Å². The van der Waals surface area contributed by atoms with Crippen LogP contribution in [-0.2, 0) is 0 Å². The molecule has 2 atom stereocenters. The molecule has 24 heavy (non-hydrogen) atoms. The van der Waals surface area contributed by atoms with Crippen LogP contribution in [0.4, 0.5) is 11.9 Å². The number of nitrogens with zero attached hydrogens (tertiary/aromatic N) is 5. The molecule has 1 aromatic carbocycles. The van der Waals surface area contributed by atoms with Crippen LogP contribution < -0.4 is 9.80 Å². The molecular formula is C19H27N5. The Morgan fingerprint density at radius 3 is 2.42 bits per heavy atom. The van der Waals surface area contributed by atoms with Gasteiger partial charge in [0.15, 0.2) is 0 Å². The number of benzene rings is 1. The van der Waals surface area contributed by atoms with Crippen LogP contribution in [0.5, 0.6) is 0 Å². The van der Waals surface area contributed by atoms with E-state index in [4.69, 9.17) is 9.97 Å². The van der Waals surface area contributed by atoms with Gasteiger partial charge in [-0.3, -0.25) is 0 Å². The number of hydrogen-bond donors (Lipinski definition) is 0. The average Bonchev–Trinajstić information content (AvgIpc) is 2.96. The summed E-state index contributed by atoms with van der Waals surface area (Å²) in [6, 6.07) is 11.1. The van der Waals surface area contributed by atoms with Gasteiger partial charge in [0.1, 0.15) is 5.82 Å². The summed E-state index contributed by atoms with van der Waals surface area (Å²) in [5, 5.41) is 0. The molecule has 2 unspecified atom stereocenters. The van der Waals surface area contributed by atoms with E-state index in [0.717, 1.165) is 30.7 Å². The highest BCUT2D eigenvalue weighted by Gasteiger charge is 2.33. The lowest BCUT2D eigenvalue weighted by atomic mass is 9.93. The van der Waals surface area contributed by atoms with Crippen LogP contribution in [0.3, 0.4) is 0 Å². The van der Waals surface area contributed by atoms with Crippen LogP contribution in [0.15, 0.2) is 30.3 Å². The Hall–Kier alpha value is -2.17. The molecule has 5 heteroatoms. The molecule has 2 heterocycles. The third-order valence-corrected chi connectivity index (χ3v) is 4.79. The molecule has 0 N–H and O–H groups in total. The van der Waals surface area contributed by atoms with Crippen molar-refractivity contribution in [2.24, 2.45) is 0 Å². The first-order valence-corrected chi connectivity index (χ1v) is 8.72. The SMILES string of the molecule is CC(C)c1nc(N(C)C)nc(N2CCC(c3ccccc3)C2C)n1. The molecule has 128 valence electrons. The molecule has 1 aliphatic rings. The van der Waals surface area contributed by atoms with Crippen molar-refractivity contribution in [1.82, 2.24) is 15.0 Å². The van der Waals surface area contributed by atoms with E-state index in [9.17, 15) is 0 Å². The van der Waals surface area contributed by atoms with E-state index in [0.29, 0.717) is 12.0 Å². The summed E-state index contributed by atoms with van der Waals surface area (Å²) in [7, 11) is 3.95. The third-order valence-electron chi connectivity index (χ3n) is 4.79. The maximum absolute atomic E-state index is 4.75. The fraction of sp³-hybridized carbons (Fsp3) is 0.526. The highest BCUT2D eigenvalue weighted by Crippen LogP contribution is 2.35. The minimum Gasteiger partial charge on any atom is -0.347 e. The Morgan fingerprint density at radius 2 is 1.79 bits per heavy atom. The molecule has 1 saturated heterocycles. The summed E-state index contributed by atoms with van der Waals surface area (Å²) >= 11 is 0. The van der Waals surface area contributed by atoms with Crippen LogP contribution in [0, 0.1) is 0 Å². The van der Waals surface area contributed by atoms with Crippen molar-refractivity contribution in [1.29, 1.82) is 0 Å². The Kier molecular flexibility index (Phi) is 4.69. The van der Waals surface area contributed by atoms with Gasteiger partial charge in [-0.2, -0.15) is 15.0 Å². The van der Waals surface area contributed by atoms with Crippen molar-refractivity contribution in [2.45, 2.75) is 45.1 Å². The van der Waals surface area contributed by atoms with Crippen molar-refractivity contribution in [3.05, 3.63) is 41.7 Å². The zero-order chi connectivity index (χ0) is 17.3. The first-order valence-electron chi connectivity index (χ1n) is 8.72. The Labute approximate surface area is 144 Å². The minimum absolute atomic E-state index is 0.285. The molecule has 0 radical (unpaired) electrons. The number of anilines is 2. The summed E-state index contributed by atoms with van der Waals surface area (Å²) in [4.78, 5) is 18.3. The van der Waals surface area contributed by atoms with Crippen LogP contribution in [-0.4, -0.2) is 41.6 Å². The van der Waals surface area contributed by atoms with Gasteiger partial charge >= 0.3 is 0 Å². The Balaban J connectivity index is 1.92. The lowest BCUT2D eigenvalue weighted by Gasteiger charge is -2.26. The molecule has 0 saturated carbocycles. The second-order valence-corrected chi connectivity index (χ2v) is 7.08. The van der Waals surface area contributed by atoms with Crippen molar-refractivity contribution in [2.75, 3.05) is 30.4 Å². The van der Waals surface area contributed by atoms with Gasteiger partial charge < -0.3 is 9.80 Å². The molecule has 3 rings (SSSR count). The van der Waals surface area contributed by atoms with Crippen molar-refractivity contribution in [3.8, 4) is 0 Å². The number of hydrogen-bond acceptors (Lipinski definition) is 5. The zero-order valence-corrected chi connectivity index (χ0v) is 15.3. The second-order valence-electron chi connectivity index (χ2n) is 7.08. The van der Waals surface area contributed by atoms with Gasteiger partial charge in [0.2, 0.25) is 11.9 Å². The van der Waals surface area contributed by atoms with Crippen molar-refractivity contribution in [3.63, 3.8) is 0 Å². The van der Waals surface area contributed by atoms with Gasteiger partial charge in [-0.1, -0.05) is 44.2 Å². The second kappa shape index (κ2) is 6.75. The molecule has 1 fully saturated rings. The van der Waals surface area contributed by atoms with Crippen LogP contribution in [0.1, 0.15) is 50.4 Å². The predicted octanol–water partition coefficient (Wildman–Crippen LogP) is 3.44. The van der Waals surface area contributed by atoms with Crippen molar-refractivity contribution < 1.29 is 0 Å². The summed E-state index contributed by atoms with van der Waals surface area (Å²) in [5.41, 5.74) is 1.40. The number of rotatable bonds is 4. The van der Waals surface area contributed by atoms with E-state index >= 15 is 0 Å². The fourth-order valence-corrected chi connectivity index (χ4v) is 3.32. The maximum Gasteiger partial charge on any atom is 0.230 e. The van der Waals surface area contributed by atoms with E-state index in [1.54, 1.807) is 0 Å². The highest BCUT2D eigenvalue weighted by molar-refractivity contribution is 5.42. The van der Waals surface area contributed by atoms with Crippen LogP contribution >= 0.6 is 0 Å². The lowest BCUT2D eigenvalue weighted by Crippen LogP contribution is -2.32.